The molecular formula is C40H43IrN2O2-. The van der Waals surface area contributed by atoms with E-state index in [1.54, 1.807) is 0 Å². The van der Waals surface area contributed by atoms with Gasteiger partial charge in [-0.2, -0.15) is 0 Å². The van der Waals surface area contributed by atoms with E-state index in [0.29, 0.717) is 0 Å². The van der Waals surface area contributed by atoms with Gasteiger partial charge < -0.3 is 15.1 Å². The number of carbonyl (C=O) groups is 1. The molecule has 1 aliphatic rings. The second-order valence-corrected chi connectivity index (χ2v) is 12.2. The van der Waals surface area contributed by atoms with E-state index < -0.39 is 0 Å². The molecule has 235 valence electrons. The number of fused-ring (bicyclic) bond motifs is 4. The summed E-state index contributed by atoms with van der Waals surface area (Å²) in [6, 6.07) is 27.0. The number of hydrogen-bond donors (Lipinski definition) is 1. The second kappa shape index (κ2) is 14.6. The van der Waals surface area contributed by atoms with E-state index in [1.165, 1.54) is 44.5 Å². The van der Waals surface area contributed by atoms with Gasteiger partial charge >= 0.3 is 0 Å². The summed E-state index contributed by atoms with van der Waals surface area (Å²) in [6.45, 7) is 12.7. The molecule has 0 amide bonds. The molecular weight excluding hydrogens is 733 g/mol. The molecule has 45 heavy (non-hydrogen) atoms. The first-order valence-corrected chi connectivity index (χ1v) is 16.0. The number of nitrogens with zero attached hydrogens (tertiary/aromatic N) is 2. The Kier molecular flexibility index (Phi) is 11.1. The van der Waals surface area contributed by atoms with Crippen molar-refractivity contribution >= 4 is 27.5 Å². The maximum Gasteiger partial charge on any atom is 0.162 e. The number of hydrogen-bond acceptors (Lipinski definition) is 4. The number of pyridine rings is 2. The first-order valence-electron chi connectivity index (χ1n) is 16.0. The predicted octanol–water partition coefficient (Wildman–Crippen LogP) is 10.4. The number of ketones is 1. The van der Waals surface area contributed by atoms with Gasteiger partial charge in [0.25, 0.3) is 0 Å². The van der Waals surface area contributed by atoms with Gasteiger partial charge in [0.1, 0.15) is 0 Å². The quantitative estimate of drug-likeness (QED) is 0.0969. The van der Waals surface area contributed by atoms with Gasteiger partial charge in [0.15, 0.2) is 5.78 Å². The topological polar surface area (TPSA) is 63.1 Å². The smallest absolute Gasteiger partial charge is 0.162 e. The van der Waals surface area contributed by atoms with Crippen LogP contribution in [0.2, 0.25) is 0 Å². The molecule has 3 aromatic carbocycles. The van der Waals surface area contributed by atoms with Crippen LogP contribution >= 0.6 is 0 Å². The van der Waals surface area contributed by atoms with Gasteiger partial charge in [-0.1, -0.05) is 89.4 Å². The zero-order valence-corrected chi connectivity index (χ0v) is 29.5. The summed E-state index contributed by atoms with van der Waals surface area (Å²) in [5.74, 6) is 0.547. The van der Waals surface area contributed by atoms with Crippen molar-refractivity contribution in [3.05, 3.63) is 108 Å². The Labute approximate surface area is 281 Å². The fourth-order valence-electron chi connectivity index (χ4n) is 6.64. The minimum atomic E-state index is -0.187. The van der Waals surface area contributed by atoms with Crippen molar-refractivity contribution in [3.63, 3.8) is 0 Å². The van der Waals surface area contributed by atoms with E-state index in [4.69, 9.17) is 4.98 Å². The summed E-state index contributed by atoms with van der Waals surface area (Å²) in [5.41, 5.74) is 7.97. The molecule has 2 heterocycles. The number of benzene rings is 3. The summed E-state index contributed by atoms with van der Waals surface area (Å²) < 4.78 is 0. The van der Waals surface area contributed by atoms with Crippen molar-refractivity contribution in [2.24, 2.45) is 11.8 Å². The minimum Gasteiger partial charge on any atom is -0.512 e. The second-order valence-electron chi connectivity index (χ2n) is 12.2. The number of aliphatic hydroxyl groups is 1. The van der Waals surface area contributed by atoms with Gasteiger partial charge in [-0.15, -0.1) is 23.3 Å². The van der Waals surface area contributed by atoms with Crippen LogP contribution in [-0.2, 0) is 30.3 Å². The minimum absolute atomic E-state index is 0. The molecule has 5 heteroatoms. The standard InChI is InChI=1S/C27H19N2.C13H24O2.Ir/c1-27(2)22-16-19(17-7-4-3-5-8-17)15-18-12-14-29-26(24(18)22)21-10-11-23-20(25(21)27)9-6-13-28-23;1-5-10(6-2)12(14)9-13(15)11(7-3)8-4;/h3-9,11-16H,1-2H3;9-11,14H,5-8H2,1-4H3;/q-1;;/b;12-9-;. The molecule has 0 saturated heterocycles. The van der Waals surface area contributed by atoms with Gasteiger partial charge in [0, 0.05) is 50.4 Å². The number of allylic oxidation sites excluding steroid dienone is 2. The van der Waals surface area contributed by atoms with Crippen LogP contribution in [0.5, 0.6) is 0 Å². The van der Waals surface area contributed by atoms with Crippen molar-refractivity contribution < 1.29 is 30.0 Å². The fraction of sp³-hybridized carbons (Fsp3) is 0.325. The molecule has 6 rings (SSSR count). The summed E-state index contributed by atoms with van der Waals surface area (Å²) in [5, 5.41) is 13.4. The summed E-state index contributed by atoms with van der Waals surface area (Å²) in [4.78, 5) is 21.1. The Morgan fingerprint density at radius 2 is 1.56 bits per heavy atom. The molecule has 0 spiro atoms. The van der Waals surface area contributed by atoms with Crippen molar-refractivity contribution in [2.75, 3.05) is 0 Å². The van der Waals surface area contributed by atoms with E-state index in [1.807, 2.05) is 52.2 Å². The Balaban J connectivity index is 0.000000249. The van der Waals surface area contributed by atoms with Crippen molar-refractivity contribution in [2.45, 2.75) is 72.6 Å². The molecule has 4 nitrogen and oxygen atoms in total. The van der Waals surface area contributed by atoms with Crippen LogP contribution in [0.4, 0.5) is 0 Å². The Bertz CT molecular complexity index is 1820. The molecule has 1 aliphatic carbocycles. The number of rotatable bonds is 8. The molecule has 0 atom stereocenters. The third-order valence-electron chi connectivity index (χ3n) is 9.30. The van der Waals surface area contributed by atoms with Gasteiger partial charge in [-0.05, 0) is 88.0 Å². The third-order valence-corrected chi connectivity index (χ3v) is 9.30. The van der Waals surface area contributed by atoms with Crippen molar-refractivity contribution in [3.8, 4) is 22.4 Å². The Morgan fingerprint density at radius 3 is 2.22 bits per heavy atom. The first-order chi connectivity index (χ1) is 21.2. The maximum absolute atomic E-state index is 11.7. The first kappa shape index (κ1) is 34.2. The van der Waals surface area contributed by atoms with E-state index in [-0.39, 0.29) is 48.9 Å². The molecule has 2 aromatic heterocycles. The Hall–Kier alpha value is -3.66. The largest absolute Gasteiger partial charge is 0.512 e. The maximum atomic E-state index is 11.7. The fourth-order valence-corrected chi connectivity index (χ4v) is 6.64. The van der Waals surface area contributed by atoms with E-state index >= 15 is 0 Å². The number of carbonyl (C=O) groups excluding carboxylic acids is 1. The number of aromatic nitrogens is 2. The molecule has 0 saturated carbocycles. The summed E-state index contributed by atoms with van der Waals surface area (Å²) in [7, 11) is 0. The van der Waals surface area contributed by atoms with Crippen molar-refractivity contribution in [1.82, 2.24) is 9.97 Å². The van der Waals surface area contributed by atoms with Crippen LogP contribution in [-0.4, -0.2) is 20.9 Å². The molecule has 0 unspecified atom stereocenters. The van der Waals surface area contributed by atoms with Crippen LogP contribution in [0.1, 0.15) is 78.4 Å². The monoisotopic (exact) mass is 776 g/mol. The van der Waals surface area contributed by atoms with Gasteiger partial charge in [0.05, 0.1) is 5.76 Å². The molecule has 0 aliphatic heterocycles. The van der Waals surface area contributed by atoms with Crippen molar-refractivity contribution in [1.29, 1.82) is 0 Å². The third kappa shape index (κ3) is 6.66. The molecule has 0 bridgehead atoms. The van der Waals surface area contributed by atoms with E-state index in [0.717, 1.165) is 42.5 Å². The predicted molar refractivity (Wildman–Crippen MR) is 183 cm³/mol. The van der Waals surface area contributed by atoms with Gasteiger partial charge in [0.2, 0.25) is 0 Å². The van der Waals surface area contributed by atoms with Crippen LogP contribution < -0.4 is 0 Å². The van der Waals surface area contributed by atoms with Gasteiger partial charge in [-0.3, -0.25) is 4.79 Å². The number of aliphatic hydroxyl groups excluding tert-OH is 1. The Morgan fingerprint density at radius 1 is 0.867 bits per heavy atom. The molecule has 5 aromatic rings. The normalized spacial score (nSPS) is 13.3. The average molecular weight is 776 g/mol. The average Bonchev–Trinajstić information content (AvgIpc) is 3.04. The molecule has 1 radical (unpaired) electrons. The zero-order valence-electron chi connectivity index (χ0n) is 27.1. The van der Waals surface area contributed by atoms with Crippen LogP contribution in [0.25, 0.3) is 44.1 Å². The molecule has 1 N–H and O–H groups in total. The summed E-state index contributed by atoms with van der Waals surface area (Å²) >= 11 is 0. The van der Waals surface area contributed by atoms with Crippen LogP contribution in [0, 0.1) is 17.9 Å². The van der Waals surface area contributed by atoms with E-state index in [2.05, 4.69) is 79.5 Å². The van der Waals surface area contributed by atoms with Crippen LogP contribution in [0.15, 0.2) is 91.0 Å². The molecule has 0 fully saturated rings. The zero-order chi connectivity index (χ0) is 31.4. The van der Waals surface area contributed by atoms with Gasteiger partial charge in [-0.25, -0.2) is 0 Å². The SMILES string of the molecule is CC1(C)c2c([c-]cc3ncccc23)-c2nccc3cc(-c4ccccc4)cc1c23.CCC(CC)C(=O)/C=C(\O)C(CC)CC.[Ir]. The van der Waals surface area contributed by atoms with E-state index in [9.17, 15) is 9.90 Å². The van der Waals surface area contributed by atoms with Crippen LogP contribution in [0.3, 0.4) is 0 Å². The summed E-state index contributed by atoms with van der Waals surface area (Å²) in [6.07, 6.45) is 8.67.